The standard InChI is InChI=1S/C25H24N2O/c1-3-27(2)25-17-22(20-12-8-5-9-13-20)23-16-21(14-15-24(23)26-25)28-18-19-10-6-4-7-11-19/h4-17H,3,18H2,1-2H3. The smallest absolute Gasteiger partial charge is 0.129 e. The molecule has 0 N–H and O–H groups in total. The number of hydrogen-bond acceptors (Lipinski definition) is 3. The van der Waals surface area contributed by atoms with E-state index in [0.717, 1.165) is 34.6 Å². The van der Waals surface area contributed by atoms with Gasteiger partial charge in [0.25, 0.3) is 0 Å². The number of aromatic nitrogens is 1. The Hall–Kier alpha value is -3.33. The molecule has 0 radical (unpaired) electrons. The zero-order chi connectivity index (χ0) is 19.3. The van der Waals surface area contributed by atoms with Crippen LogP contribution < -0.4 is 9.64 Å². The second kappa shape index (κ2) is 8.13. The summed E-state index contributed by atoms with van der Waals surface area (Å²) in [6.07, 6.45) is 0. The molecule has 0 aliphatic rings. The molecule has 140 valence electrons. The third-order valence-corrected chi connectivity index (χ3v) is 4.97. The monoisotopic (exact) mass is 368 g/mol. The van der Waals surface area contributed by atoms with Crippen LogP contribution >= 0.6 is 0 Å². The Labute approximate surface area is 166 Å². The fourth-order valence-corrected chi connectivity index (χ4v) is 3.24. The third kappa shape index (κ3) is 3.84. The first-order chi connectivity index (χ1) is 13.7. The number of nitrogens with zero attached hydrogens (tertiary/aromatic N) is 2. The minimum absolute atomic E-state index is 0.553. The maximum Gasteiger partial charge on any atom is 0.129 e. The van der Waals surface area contributed by atoms with Crippen LogP contribution in [0.3, 0.4) is 0 Å². The minimum Gasteiger partial charge on any atom is -0.489 e. The molecule has 0 spiro atoms. The largest absolute Gasteiger partial charge is 0.489 e. The molecule has 28 heavy (non-hydrogen) atoms. The van der Waals surface area contributed by atoms with Crippen LogP contribution in [0, 0.1) is 0 Å². The molecule has 0 amide bonds. The Kier molecular flexibility index (Phi) is 5.24. The van der Waals surface area contributed by atoms with Crippen LogP contribution in [-0.2, 0) is 6.61 Å². The lowest BCUT2D eigenvalue weighted by Crippen LogP contribution is -2.17. The van der Waals surface area contributed by atoms with Gasteiger partial charge >= 0.3 is 0 Å². The van der Waals surface area contributed by atoms with Crippen molar-refractivity contribution < 1.29 is 4.74 Å². The van der Waals surface area contributed by atoms with Gasteiger partial charge in [-0.05, 0) is 47.9 Å². The van der Waals surface area contributed by atoms with Gasteiger partial charge in [-0.25, -0.2) is 4.98 Å². The Balaban J connectivity index is 1.76. The Morgan fingerprint density at radius 2 is 1.57 bits per heavy atom. The fourth-order valence-electron chi connectivity index (χ4n) is 3.24. The lowest BCUT2D eigenvalue weighted by Gasteiger charge is -2.19. The summed E-state index contributed by atoms with van der Waals surface area (Å²) in [6, 6.07) is 29.0. The average Bonchev–Trinajstić information content (AvgIpc) is 2.77. The number of ether oxygens (including phenoxy) is 1. The summed E-state index contributed by atoms with van der Waals surface area (Å²) in [4.78, 5) is 7.02. The molecule has 3 heteroatoms. The summed E-state index contributed by atoms with van der Waals surface area (Å²) >= 11 is 0. The summed E-state index contributed by atoms with van der Waals surface area (Å²) in [5.74, 6) is 1.83. The first-order valence-corrected chi connectivity index (χ1v) is 9.62. The van der Waals surface area contributed by atoms with Crippen molar-refractivity contribution in [1.29, 1.82) is 0 Å². The minimum atomic E-state index is 0.553. The van der Waals surface area contributed by atoms with Gasteiger partial charge in [-0.1, -0.05) is 60.7 Å². The van der Waals surface area contributed by atoms with Gasteiger partial charge in [0.05, 0.1) is 5.52 Å². The van der Waals surface area contributed by atoms with Crippen LogP contribution in [0.5, 0.6) is 5.75 Å². The molecule has 1 aromatic heterocycles. The van der Waals surface area contributed by atoms with Crippen LogP contribution in [0.25, 0.3) is 22.0 Å². The van der Waals surface area contributed by atoms with Crippen LogP contribution in [-0.4, -0.2) is 18.6 Å². The van der Waals surface area contributed by atoms with Crippen molar-refractivity contribution in [3.63, 3.8) is 0 Å². The van der Waals surface area contributed by atoms with Gasteiger partial charge in [-0.2, -0.15) is 0 Å². The normalized spacial score (nSPS) is 10.8. The molecular formula is C25H24N2O. The van der Waals surface area contributed by atoms with E-state index in [1.54, 1.807) is 0 Å². The van der Waals surface area contributed by atoms with Crippen molar-refractivity contribution in [3.05, 3.63) is 90.5 Å². The number of anilines is 1. The predicted octanol–water partition coefficient (Wildman–Crippen LogP) is 5.94. The predicted molar refractivity (Wildman–Crippen MR) is 117 cm³/mol. The van der Waals surface area contributed by atoms with E-state index in [4.69, 9.17) is 9.72 Å². The first kappa shape index (κ1) is 18.1. The van der Waals surface area contributed by atoms with Crippen LogP contribution in [0.4, 0.5) is 5.82 Å². The topological polar surface area (TPSA) is 25.4 Å². The highest BCUT2D eigenvalue weighted by Gasteiger charge is 2.11. The van der Waals surface area contributed by atoms with E-state index in [2.05, 4.69) is 73.5 Å². The van der Waals surface area contributed by atoms with Gasteiger partial charge in [0.1, 0.15) is 18.2 Å². The molecule has 4 rings (SSSR count). The maximum absolute atomic E-state index is 6.05. The molecule has 0 bridgehead atoms. The summed E-state index contributed by atoms with van der Waals surface area (Å²) in [6.45, 7) is 3.59. The van der Waals surface area contributed by atoms with E-state index in [9.17, 15) is 0 Å². The highest BCUT2D eigenvalue weighted by Crippen LogP contribution is 2.33. The summed E-state index contributed by atoms with van der Waals surface area (Å²) in [7, 11) is 2.07. The molecule has 0 atom stereocenters. The second-order valence-corrected chi connectivity index (χ2v) is 6.86. The number of fused-ring (bicyclic) bond motifs is 1. The van der Waals surface area contributed by atoms with Crippen molar-refractivity contribution in [2.24, 2.45) is 0 Å². The molecule has 0 saturated carbocycles. The van der Waals surface area contributed by atoms with Gasteiger partial charge in [-0.3, -0.25) is 0 Å². The molecular weight excluding hydrogens is 344 g/mol. The Morgan fingerprint density at radius 1 is 0.857 bits per heavy atom. The molecule has 0 aliphatic heterocycles. The van der Waals surface area contributed by atoms with E-state index in [0.29, 0.717) is 6.61 Å². The van der Waals surface area contributed by atoms with E-state index in [-0.39, 0.29) is 0 Å². The van der Waals surface area contributed by atoms with Crippen LogP contribution in [0.2, 0.25) is 0 Å². The van der Waals surface area contributed by atoms with Gasteiger partial charge in [-0.15, -0.1) is 0 Å². The molecule has 0 aliphatic carbocycles. The van der Waals surface area contributed by atoms with Crippen molar-refractivity contribution >= 4 is 16.7 Å². The molecule has 0 saturated heterocycles. The first-order valence-electron chi connectivity index (χ1n) is 9.62. The Bertz CT molecular complexity index is 1060. The van der Waals surface area contributed by atoms with E-state index in [1.165, 1.54) is 11.1 Å². The fraction of sp³-hybridized carbons (Fsp3) is 0.160. The van der Waals surface area contributed by atoms with Crippen LogP contribution in [0.15, 0.2) is 84.9 Å². The van der Waals surface area contributed by atoms with Crippen molar-refractivity contribution in [2.75, 3.05) is 18.5 Å². The lowest BCUT2D eigenvalue weighted by molar-refractivity contribution is 0.306. The van der Waals surface area contributed by atoms with E-state index < -0.39 is 0 Å². The van der Waals surface area contributed by atoms with Crippen molar-refractivity contribution in [3.8, 4) is 16.9 Å². The number of benzene rings is 3. The molecule has 1 heterocycles. The van der Waals surface area contributed by atoms with E-state index in [1.807, 2.05) is 30.3 Å². The summed E-state index contributed by atoms with van der Waals surface area (Å²) in [5, 5.41) is 1.10. The zero-order valence-electron chi connectivity index (χ0n) is 16.3. The number of rotatable bonds is 6. The molecule has 0 fully saturated rings. The van der Waals surface area contributed by atoms with Crippen molar-refractivity contribution in [1.82, 2.24) is 4.98 Å². The lowest BCUT2D eigenvalue weighted by atomic mass is 10.0. The summed E-state index contributed by atoms with van der Waals surface area (Å²) in [5.41, 5.74) is 4.49. The zero-order valence-corrected chi connectivity index (χ0v) is 16.3. The van der Waals surface area contributed by atoms with Gasteiger partial charge < -0.3 is 9.64 Å². The number of pyridine rings is 1. The highest BCUT2D eigenvalue weighted by molar-refractivity contribution is 5.97. The van der Waals surface area contributed by atoms with Gasteiger partial charge in [0, 0.05) is 19.0 Å². The van der Waals surface area contributed by atoms with Crippen molar-refractivity contribution in [2.45, 2.75) is 13.5 Å². The summed E-state index contributed by atoms with van der Waals surface area (Å²) < 4.78 is 6.05. The number of hydrogen-bond donors (Lipinski definition) is 0. The van der Waals surface area contributed by atoms with Gasteiger partial charge in [0.15, 0.2) is 0 Å². The third-order valence-electron chi connectivity index (χ3n) is 4.97. The highest BCUT2D eigenvalue weighted by atomic mass is 16.5. The maximum atomic E-state index is 6.05. The van der Waals surface area contributed by atoms with Gasteiger partial charge in [0.2, 0.25) is 0 Å². The van der Waals surface area contributed by atoms with E-state index >= 15 is 0 Å². The molecule has 4 aromatic rings. The Morgan fingerprint density at radius 3 is 2.29 bits per heavy atom. The second-order valence-electron chi connectivity index (χ2n) is 6.86. The molecule has 3 nitrogen and oxygen atoms in total. The SMILES string of the molecule is CCN(C)c1cc(-c2ccccc2)c2cc(OCc3ccccc3)ccc2n1. The molecule has 0 unspecified atom stereocenters. The van der Waals surface area contributed by atoms with Crippen LogP contribution in [0.1, 0.15) is 12.5 Å². The quantitative estimate of drug-likeness (QED) is 0.421. The average molecular weight is 368 g/mol. The molecule has 3 aromatic carbocycles.